The Morgan fingerprint density at radius 2 is 1.89 bits per heavy atom. The number of hydrogen-bond acceptors (Lipinski definition) is 6. The first-order chi connectivity index (χ1) is 16.9. The zero-order valence-electron chi connectivity index (χ0n) is 20.1. The van der Waals surface area contributed by atoms with Crippen LogP contribution in [0, 0.1) is 18.3 Å². The number of nitriles is 1. The molecule has 0 N–H and O–H groups in total. The van der Waals surface area contributed by atoms with Crippen LogP contribution in [-0.4, -0.2) is 29.6 Å². The molecule has 0 atom stereocenters. The fourth-order valence-electron chi connectivity index (χ4n) is 3.86. The van der Waals surface area contributed by atoms with Crippen LogP contribution in [0.4, 0.5) is 0 Å². The van der Waals surface area contributed by atoms with Crippen molar-refractivity contribution in [3.05, 3.63) is 87.7 Å². The van der Waals surface area contributed by atoms with Crippen LogP contribution in [0.25, 0.3) is 22.3 Å². The molecule has 0 unspecified atom stereocenters. The van der Waals surface area contributed by atoms with Crippen LogP contribution in [0.2, 0.25) is 0 Å². The number of methoxy groups -OCH3 is 1. The standard InChI is InChI=1S/C28H26N4O3/c1-18(2)23-16-24(19(3)15-26(23)34-4)27-31-25-8-6-5-7-22(25)28(33)32(27)30-17-20-9-11-21(12-10-20)35-14-13-29/h5-12,15-18H,14H2,1-4H3. The van der Waals surface area contributed by atoms with E-state index in [-0.39, 0.29) is 18.1 Å². The fraction of sp³-hybridized carbons (Fsp3) is 0.214. The van der Waals surface area contributed by atoms with Crippen molar-refractivity contribution in [2.75, 3.05) is 13.7 Å². The van der Waals surface area contributed by atoms with Crippen molar-refractivity contribution in [1.29, 1.82) is 5.26 Å². The Bertz CT molecular complexity index is 1500. The van der Waals surface area contributed by atoms with Gasteiger partial charge in [-0.1, -0.05) is 26.0 Å². The van der Waals surface area contributed by atoms with Gasteiger partial charge in [0.2, 0.25) is 0 Å². The van der Waals surface area contributed by atoms with E-state index in [1.54, 1.807) is 31.5 Å². The molecule has 0 aliphatic carbocycles. The number of hydrogen-bond donors (Lipinski definition) is 0. The minimum Gasteiger partial charge on any atom is -0.496 e. The van der Waals surface area contributed by atoms with E-state index in [1.165, 1.54) is 4.68 Å². The van der Waals surface area contributed by atoms with Crippen molar-refractivity contribution in [2.45, 2.75) is 26.7 Å². The van der Waals surface area contributed by atoms with Gasteiger partial charge in [-0.05, 0) is 78.1 Å². The topological polar surface area (TPSA) is 89.5 Å². The molecular formula is C28H26N4O3. The maximum atomic E-state index is 13.5. The van der Waals surface area contributed by atoms with E-state index >= 15 is 0 Å². The molecule has 0 saturated carbocycles. The van der Waals surface area contributed by atoms with Crippen LogP contribution in [0.5, 0.6) is 11.5 Å². The number of rotatable bonds is 7. The maximum absolute atomic E-state index is 13.5. The molecule has 1 heterocycles. The fourth-order valence-corrected chi connectivity index (χ4v) is 3.86. The van der Waals surface area contributed by atoms with Crippen LogP contribution in [0.3, 0.4) is 0 Å². The van der Waals surface area contributed by atoms with E-state index in [0.29, 0.717) is 22.5 Å². The summed E-state index contributed by atoms with van der Waals surface area (Å²) in [4.78, 5) is 18.3. The molecule has 1 aromatic heterocycles. The number of para-hydroxylation sites is 1. The molecule has 35 heavy (non-hydrogen) atoms. The van der Waals surface area contributed by atoms with Crippen molar-refractivity contribution in [3.8, 4) is 29.0 Å². The summed E-state index contributed by atoms with van der Waals surface area (Å²) in [5, 5.41) is 13.7. The summed E-state index contributed by atoms with van der Waals surface area (Å²) >= 11 is 0. The van der Waals surface area contributed by atoms with Gasteiger partial charge in [-0.3, -0.25) is 4.79 Å². The van der Waals surface area contributed by atoms with Crippen molar-refractivity contribution < 1.29 is 9.47 Å². The third-order valence-corrected chi connectivity index (χ3v) is 5.70. The summed E-state index contributed by atoms with van der Waals surface area (Å²) in [5.41, 5.74) is 3.90. The molecule has 0 fully saturated rings. The number of aromatic nitrogens is 2. The molecule has 0 spiro atoms. The number of aryl methyl sites for hydroxylation is 1. The third kappa shape index (κ3) is 4.92. The van der Waals surface area contributed by atoms with E-state index in [4.69, 9.17) is 19.7 Å². The van der Waals surface area contributed by atoms with E-state index in [1.807, 2.05) is 55.5 Å². The lowest BCUT2D eigenvalue weighted by molar-refractivity contribution is 0.368. The molecule has 0 aliphatic rings. The number of nitrogens with zero attached hydrogens (tertiary/aromatic N) is 4. The summed E-state index contributed by atoms with van der Waals surface area (Å²) in [6, 6.07) is 20.3. The Labute approximate surface area is 203 Å². The second kappa shape index (κ2) is 10.2. The summed E-state index contributed by atoms with van der Waals surface area (Å²) in [6.07, 6.45) is 1.61. The zero-order chi connectivity index (χ0) is 24.9. The molecule has 0 radical (unpaired) electrons. The molecule has 0 amide bonds. The number of benzene rings is 3. The van der Waals surface area contributed by atoms with Crippen LogP contribution in [0.1, 0.15) is 36.5 Å². The van der Waals surface area contributed by atoms with Crippen LogP contribution < -0.4 is 15.0 Å². The largest absolute Gasteiger partial charge is 0.496 e. The lowest BCUT2D eigenvalue weighted by Gasteiger charge is -2.17. The Balaban J connectivity index is 1.88. The van der Waals surface area contributed by atoms with E-state index in [0.717, 1.165) is 28.0 Å². The Morgan fingerprint density at radius 1 is 1.14 bits per heavy atom. The highest BCUT2D eigenvalue weighted by Crippen LogP contribution is 2.34. The number of ether oxygens (including phenoxy) is 2. The van der Waals surface area contributed by atoms with Gasteiger partial charge in [-0.15, -0.1) is 0 Å². The van der Waals surface area contributed by atoms with Crippen LogP contribution in [0.15, 0.2) is 70.6 Å². The zero-order valence-corrected chi connectivity index (χ0v) is 20.1. The van der Waals surface area contributed by atoms with Gasteiger partial charge < -0.3 is 9.47 Å². The molecule has 4 aromatic rings. The van der Waals surface area contributed by atoms with Gasteiger partial charge >= 0.3 is 0 Å². The highest BCUT2D eigenvalue weighted by atomic mass is 16.5. The first-order valence-corrected chi connectivity index (χ1v) is 11.3. The van der Waals surface area contributed by atoms with Gasteiger partial charge in [0, 0.05) is 5.56 Å². The summed E-state index contributed by atoms with van der Waals surface area (Å²) in [6.45, 7) is 6.14. The molecular weight excluding hydrogens is 440 g/mol. The molecule has 7 heteroatoms. The summed E-state index contributed by atoms with van der Waals surface area (Å²) in [7, 11) is 1.66. The van der Waals surface area contributed by atoms with Gasteiger partial charge in [-0.25, -0.2) is 4.98 Å². The van der Waals surface area contributed by atoms with Gasteiger partial charge in [0.05, 0.1) is 24.2 Å². The predicted octanol–water partition coefficient (Wildman–Crippen LogP) is 5.29. The molecule has 0 saturated heterocycles. The van der Waals surface area contributed by atoms with Crippen molar-refractivity contribution in [1.82, 2.24) is 9.66 Å². The van der Waals surface area contributed by atoms with E-state index in [2.05, 4.69) is 18.9 Å². The van der Waals surface area contributed by atoms with E-state index in [9.17, 15) is 4.79 Å². The monoisotopic (exact) mass is 466 g/mol. The quantitative estimate of drug-likeness (QED) is 0.345. The second-order valence-corrected chi connectivity index (χ2v) is 8.39. The van der Waals surface area contributed by atoms with Crippen molar-refractivity contribution >= 4 is 17.1 Å². The first kappa shape index (κ1) is 23.7. The second-order valence-electron chi connectivity index (χ2n) is 8.39. The molecule has 0 aliphatic heterocycles. The Kier molecular flexibility index (Phi) is 6.93. The third-order valence-electron chi connectivity index (χ3n) is 5.70. The normalized spacial score (nSPS) is 11.2. The molecule has 7 nitrogen and oxygen atoms in total. The molecule has 176 valence electrons. The summed E-state index contributed by atoms with van der Waals surface area (Å²) < 4.78 is 12.2. The lowest BCUT2D eigenvalue weighted by atomic mass is 9.96. The van der Waals surface area contributed by atoms with Crippen molar-refractivity contribution in [2.24, 2.45) is 5.10 Å². The average Bonchev–Trinajstić information content (AvgIpc) is 2.87. The summed E-state index contributed by atoms with van der Waals surface area (Å²) in [5.74, 6) is 2.07. The smallest absolute Gasteiger partial charge is 0.282 e. The Hall–Kier alpha value is -4.44. The average molecular weight is 467 g/mol. The van der Waals surface area contributed by atoms with Gasteiger partial charge in [0.15, 0.2) is 12.4 Å². The van der Waals surface area contributed by atoms with Crippen LogP contribution in [-0.2, 0) is 0 Å². The van der Waals surface area contributed by atoms with Crippen molar-refractivity contribution in [3.63, 3.8) is 0 Å². The molecule has 0 bridgehead atoms. The first-order valence-electron chi connectivity index (χ1n) is 11.3. The van der Waals surface area contributed by atoms with E-state index < -0.39 is 0 Å². The van der Waals surface area contributed by atoms with Gasteiger partial charge in [0.25, 0.3) is 5.56 Å². The van der Waals surface area contributed by atoms with Gasteiger partial charge in [0.1, 0.15) is 17.6 Å². The predicted molar refractivity (Wildman–Crippen MR) is 137 cm³/mol. The maximum Gasteiger partial charge on any atom is 0.282 e. The Morgan fingerprint density at radius 3 is 2.57 bits per heavy atom. The molecule has 4 rings (SSSR count). The van der Waals surface area contributed by atoms with Gasteiger partial charge in [-0.2, -0.15) is 15.0 Å². The lowest BCUT2D eigenvalue weighted by Crippen LogP contribution is -2.20. The highest BCUT2D eigenvalue weighted by molar-refractivity contribution is 5.82. The minimum absolute atomic E-state index is 0.0193. The number of fused-ring (bicyclic) bond motifs is 1. The molecule has 3 aromatic carbocycles. The SMILES string of the molecule is COc1cc(C)c(-c2nc3ccccc3c(=O)n2N=Cc2ccc(OCC#N)cc2)cc1C(C)C. The van der Waals surface area contributed by atoms with Crippen LogP contribution >= 0.6 is 0 Å². The highest BCUT2D eigenvalue weighted by Gasteiger charge is 2.18. The minimum atomic E-state index is -0.253.